The van der Waals surface area contributed by atoms with E-state index in [9.17, 15) is 18.0 Å². The lowest BCUT2D eigenvalue weighted by Gasteiger charge is -2.12. The number of alkyl halides is 3. The lowest BCUT2D eigenvalue weighted by Crippen LogP contribution is -2.20. The number of esters is 1. The molecular weight excluding hydrogens is 321 g/mol. The summed E-state index contributed by atoms with van der Waals surface area (Å²) in [6, 6.07) is 0. The Bertz CT molecular complexity index is 525. The third-order valence-corrected chi connectivity index (χ3v) is 3.72. The maximum absolute atomic E-state index is 13.6. The smallest absolute Gasteiger partial charge is 0.433 e. The molecule has 4 nitrogen and oxygen atoms in total. The molecule has 0 amide bonds. The molecule has 0 atom stereocenters. The number of aromatic nitrogens is 2. The summed E-state index contributed by atoms with van der Waals surface area (Å²) in [5, 5.41) is 4.10. The molecule has 0 N–H and O–H groups in total. The second-order valence-corrected chi connectivity index (χ2v) is 5.84. The van der Waals surface area contributed by atoms with E-state index in [1.807, 2.05) is 20.8 Å². The number of carbonyl (C=O) groups is 1. The Balaban J connectivity index is 3.26. The third kappa shape index (κ3) is 5.53. The first kappa shape index (κ1) is 20.5. The third-order valence-electron chi connectivity index (χ3n) is 3.72. The topological polar surface area (TPSA) is 44.1 Å². The number of aryl methyl sites for hydroxylation is 2. The van der Waals surface area contributed by atoms with E-state index in [1.54, 1.807) is 0 Å². The van der Waals surface area contributed by atoms with Gasteiger partial charge in [-0.3, -0.25) is 4.68 Å². The van der Waals surface area contributed by atoms with Crippen molar-refractivity contribution in [3.63, 3.8) is 0 Å². The minimum atomic E-state index is -4.63. The summed E-state index contributed by atoms with van der Waals surface area (Å²) in [5.41, 5.74) is -1.17. The molecule has 138 valence electrons. The van der Waals surface area contributed by atoms with Gasteiger partial charge in [0.25, 0.3) is 0 Å². The molecule has 1 rings (SSSR count). The number of hydrogen-bond acceptors (Lipinski definition) is 3. The van der Waals surface area contributed by atoms with Crippen molar-refractivity contribution in [1.82, 2.24) is 9.78 Å². The lowest BCUT2D eigenvalue weighted by molar-refractivity contribution is -0.144. The Morgan fingerprint density at radius 3 is 2.25 bits per heavy atom. The van der Waals surface area contributed by atoms with E-state index < -0.39 is 23.4 Å². The predicted octanol–water partition coefficient (Wildman–Crippen LogP) is 5.00. The van der Waals surface area contributed by atoms with Crippen molar-refractivity contribution in [2.24, 2.45) is 0 Å². The Labute approximate surface area is 141 Å². The molecule has 0 aliphatic carbocycles. The highest BCUT2D eigenvalue weighted by molar-refractivity contribution is 5.92. The number of rotatable bonds is 10. The quantitative estimate of drug-likeness (QED) is 0.441. The van der Waals surface area contributed by atoms with Crippen LogP contribution in [-0.2, 0) is 23.9 Å². The van der Waals surface area contributed by atoms with Gasteiger partial charge in [-0.05, 0) is 25.7 Å². The van der Waals surface area contributed by atoms with E-state index >= 15 is 0 Å². The Kier molecular flexibility index (Phi) is 8.28. The van der Waals surface area contributed by atoms with Crippen molar-refractivity contribution in [2.45, 2.75) is 78.4 Å². The van der Waals surface area contributed by atoms with Crippen molar-refractivity contribution < 1.29 is 22.7 Å². The molecule has 7 heteroatoms. The average molecular weight is 348 g/mol. The highest BCUT2D eigenvalue weighted by Crippen LogP contribution is 2.35. The van der Waals surface area contributed by atoms with Crippen LogP contribution in [0.4, 0.5) is 13.2 Å². The minimum Gasteiger partial charge on any atom is -0.462 e. The van der Waals surface area contributed by atoms with Crippen LogP contribution in [0.25, 0.3) is 0 Å². The molecule has 0 radical (unpaired) electrons. The number of carbonyl (C=O) groups excluding carboxylic acids is 1. The summed E-state index contributed by atoms with van der Waals surface area (Å²) in [7, 11) is 0. The predicted molar refractivity (Wildman–Crippen MR) is 85.9 cm³/mol. The molecule has 0 spiro atoms. The van der Waals surface area contributed by atoms with Crippen LogP contribution in [0, 0.1) is 0 Å². The van der Waals surface area contributed by atoms with Gasteiger partial charge < -0.3 is 4.74 Å². The Hall–Kier alpha value is -1.53. The normalized spacial score (nSPS) is 11.8. The van der Waals surface area contributed by atoms with E-state index in [1.165, 1.54) is 0 Å². The first-order valence-electron chi connectivity index (χ1n) is 8.70. The molecule has 1 aromatic heterocycles. The second kappa shape index (κ2) is 9.69. The van der Waals surface area contributed by atoms with E-state index in [-0.39, 0.29) is 18.8 Å². The number of halogens is 3. The molecule has 1 aromatic rings. The van der Waals surface area contributed by atoms with Gasteiger partial charge >= 0.3 is 12.1 Å². The van der Waals surface area contributed by atoms with Gasteiger partial charge in [0.15, 0.2) is 5.69 Å². The van der Waals surface area contributed by atoms with Crippen LogP contribution in [0.3, 0.4) is 0 Å². The molecule has 0 saturated carbocycles. The van der Waals surface area contributed by atoms with Gasteiger partial charge in [0.1, 0.15) is 5.56 Å². The van der Waals surface area contributed by atoms with Gasteiger partial charge in [0.2, 0.25) is 0 Å². The van der Waals surface area contributed by atoms with Crippen molar-refractivity contribution in [1.29, 1.82) is 0 Å². The van der Waals surface area contributed by atoms with Crippen molar-refractivity contribution in [2.75, 3.05) is 6.61 Å². The molecule has 0 aliphatic rings. The molecule has 0 aromatic carbocycles. The van der Waals surface area contributed by atoms with Gasteiger partial charge in [0.05, 0.1) is 12.3 Å². The Morgan fingerprint density at radius 2 is 1.71 bits per heavy atom. The lowest BCUT2D eigenvalue weighted by atomic mass is 10.1. The summed E-state index contributed by atoms with van der Waals surface area (Å²) >= 11 is 0. The number of unbranched alkanes of at least 4 members (excludes halogenated alkanes) is 3. The van der Waals surface area contributed by atoms with Crippen molar-refractivity contribution in [3.05, 3.63) is 17.0 Å². The highest BCUT2D eigenvalue weighted by atomic mass is 19.4. The van der Waals surface area contributed by atoms with E-state index in [0.29, 0.717) is 25.7 Å². The van der Waals surface area contributed by atoms with Crippen molar-refractivity contribution in [3.8, 4) is 0 Å². The van der Waals surface area contributed by atoms with Gasteiger partial charge in [-0.15, -0.1) is 0 Å². The van der Waals surface area contributed by atoms with Gasteiger partial charge in [0, 0.05) is 6.54 Å². The fourth-order valence-electron chi connectivity index (χ4n) is 2.38. The Morgan fingerprint density at radius 1 is 1.08 bits per heavy atom. The number of ether oxygens (including phenoxy) is 1. The first-order valence-corrected chi connectivity index (χ1v) is 8.70. The van der Waals surface area contributed by atoms with E-state index in [2.05, 4.69) is 5.10 Å². The largest absolute Gasteiger partial charge is 0.462 e. The van der Waals surface area contributed by atoms with Crippen LogP contribution in [-0.4, -0.2) is 22.4 Å². The monoisotopic (exact) mass is 348 g/mol. The maximum Gasteiger partial charge on any atom is 0.433 e. The minimum absolute atomic E-state index is 0.125. The number of nitrogens with zero attached hydrogens (tertiary/aromatic N) is 2. The summed E-state index contributed by atoms with van der Waals surface area (Å²) < 4.78 is 46.6. The SMILES string of the molecule is CCCCOC(=O)c1c(CCCC)nn(CCCC)c1C(F)(F)F. The zero-order valence-electron chi connectivity index (χ0n) is 14.7. The maximum atomic E-state index is 13.6. The van der Waals surface area contributed by atoms with Gasteiger partial charge in [-0.25, -0.2) is 4.79 Å². The van der Waals surface area contributed by atoms with Crippen LogP contribution in [0.1, 0.15) is 81.0 Å². The van der Waals surface area contributed by atoms with E-state index in [0.717, 1.165) is 23.9 Å². The standard InChI is InChI=1S/C17H27F3N2O2/c1-4-7-10-13-14(16(23)24-12-9-6-3)15(17(18,19)20)22(21-13)11-8-5-2/h4-12H2,1-3H3. The highest BCUT2D eigenvalue weighted by Gasteiger charge is 2.42. The number of hydrogen-bond donors (Lipinski definition) is 0. The fourth-order valence-corrected chi connectivity index (χ4v) is 2.38. The molecule has 0 unspecified atom stereocenters. The molecule has 1 heterocycles. The molecule has 0 saturated heterocycles. The van der Waals surface area contributed by atoms with Gasteiger partial charge in [-0.2, -0.15) is 18.3 Å². The zero-order valence-corrected chi connectivity index (χ0v) is 14.7. The summed E-state index contributed by atoms with van der Waals surface area (Å²) in [5.74, 6) is -0.912. The summed E-state index contributed by atoms with van der Waals surface area (Å²) in [6.07, 6.45) is -0.0503. The average Bonchev–Trinajstić information content (AvgIpc) is 2.89. The fraction of sp³-hybridized carbons (Fsp3) is 0.765. The van der Waals surface area contributed by atoms with Crippen LogP contribution in [0.5, 0.6) is 0 Å². The molecule has 24 heavy (non-hydrogen) atoms. The van der Waals surface area contributed by atoms with E-state index in [4.69, 9.17) is 4.74 Å². The molecular formula is C17H27F3N2O2. The van der Waals surface area contributed by atoms with Crippen LogP contribution in [0.15, 0.2) is 0 Å². The van der Waals surface area contributed by atoms with Crippen LogP contribution >= 0.6 is 0 Å². The summed E-state index contributed by atoms with van der Waals surface area (Å²) in [6.45, 7) is 6.03. The molecule has 0 aliphatic heterocycles. The summed E-state index contributed by atoms with van der Waals surface area (Å²) in [4.78, 5) is 12.3. The van der Waals surface area contributed by atoms with Crippen LogP contribution in [0.2, 0.25) is 0 Å². The zero-order chi connectivity index (χ0) is 18.2. The van der Waals surface area contributed by atoms with Crippen molar-refractivity contribution >= 4 is 5.97 Å². The van der Waals surface area contributed by atoms with Gasteiger partial charge in [-0.1, -0.05) is 40.0 Å². The molecule has 0 bridgehead atoms. The first-order chi connectivity index (χ1) is 11.4. The van der Waals surface area contributed by atoms with Crippen LogP contribution < -0.4 is 0 Å². The molecule has 0 fully saturated rings. The second-order valence-electron chi connectivity index (χ2n) is 5.84.